The second-order valence-electron chi connectivity index (χ2n) is 12.5. The Morgan fingerprint density at radius 1 is 0.978 bits per heavy atom. The number of phenolic OH excluding ortho intramolecular Hbond substituents is 1. The van der Waals surface area contributed by atoms with Crippen molar-refractivity contribution >= 4 is 27.5 Å². The van der Waals surface area contributed by atoms with Crippen LogP contribution in [0.4, 0.5) is 27.8 Å². The lowest BCUT2D eigenvalue weighted by atomic mass is 9.93. The van der Waals surface area contributed by atoms with Crippen molar-refractivity contribution in [1.82, 2.24) is 25.2 Å². The molecule has 46 heavy (non-hydrogen) atoms. The van der Waals surface area contributed by atoms with Gasteiger partial charge in [-0.1, -0.05) is 13.0 Å². The Kier molecular flexibility index (Phi) is 7.87. The molecule has 3 fully saturated rings. The number of pyridine rings is 1. The lowest BCUT2D eigenvalue weighted by molar-refractivity contribution is -0.127. The number of aryl methyl sites for hydroxylation is 1. The van der Waals surface area contributed by atoms with Crippen LogP contribution in [-0.4, -0.2) is 82.5 Å². The highest BCUT2D eigenvalue weighted by Crippen LogP contribution is 2.42. The van der Waals surface area contributed by atoms with Gasteiger partial charge in [-0.3, -0.25) is 4.90 Å². The fourth-order valence-electron chi connectivity index (χ4n) is 7.53. The van der Waals surface area contributed by atoms with Gasteiger partial charge < -0.3 is 20.1 Å². The largest absolute Gasteiger partial charge is 0.508 e. The molecule has 2 aromatic heterocycles. The predicted molar refractivity (Wildman–Crippen MR) is 164 cm³/mol. The van der Waals surface area contributed by atoms with Gasteiger partial charge in [0.1, 0.15) is 35.2 Å². The highest BCUT2D eigenvalue weighted by molar-refractivity contribution is 6.02. The summed E-state index contributed by atoms with van der Waals surface area (Å²) in [6, 6.07) is 4.54. The van der Waals surface area contributed by atoms with E-state index in [0.29, 0.717) is 56.1 Å². The molecule has 244 valence electrons. The van der Waals surface area contributed by atoms with Gasteiger partial charge in [-0.05, 0) is 74.2 Å². The molecule has 3 aliphatic rings. The van der Waals surface area contributed by atoms with E-state index in [0.717, 1.165) is 50.9 Å². The first-order valence-electron chi connectivity index (χ1n) is 15.8. The van der Waals surface area contributed by atoms with E-state index in [1.165, 1.54) is 12.1 Å². The Bertz CT molecular complexity index is 1800. The number of aromatic nitrogens is 3. The van der Waals surface area contributed by atoms with Crippen molar-refractivity contribution in [1.29, 1.82) is 0 Å². The summed E-state index contributed by atoms with van der Waals surface area (Å²) in [6.07, 6.45) is -1.84. The number of hydrogen-bond acceptors (Lipinski definition) is 8. The molecule has 0 bridgehead atoms. The average Bonchev–Trinajstić information content (AvgIpc) is 3.62. The maximum atomic E-state index is 16.9. The van der Waals surface area contributed by atoms with E-state index < -0.39 is 29.8 Å². The molecule has 3 aliphatic heterocycles. The molecule has 2 aromatic carbocycles. The maximum absolute atomic E-state index is 16.9. The van der Waals surface area contributed by atoms with Crippen LogP contribution in [-0.2, 0) is 12.8 Å². The Balaban J connectivity index is 1.44. The summed E-state index contributed by atoms with van der Waals surface area (Å²) in [5, 5.41) is 14.2. The van der Waals surface area contributed by atoms with Crippen molar-refractivity contribution in [3.05, 3.63) is 47.2 Å². The number of alkyl halides is 3. The van der Waals surface area contributed by atoms with Crippen LogP contribution in [0.15, 0.2) is 24.3 Å². The van der Waals surface area contributed by atoms with Crippen LogP contribution in [0.25, 0.3) is 32.9 Å². The predicted octanol–water partition coefficient (Wildman–Crippen LogP) is 5.91. The zero-order valence-corrected chi connectivity index (χ0v) is 25.5. The molecule has 0 radical (unpaired) electrons. The summed E-state index contributed by atoms with van der Waals surface area (Å²) in [4.78, 5) is 18.5. The molecule has 0 aliphatic carbocycles. The normalized spacial score (nSPS) is 18.5. The van der Waals surface area contributed by atoms with Gasteiger partial charge in [-0.2, -0.15) is 23.1 Å². The molecule has 8 nitrogen and oxygen atoms in total. The van der Waals surface area contributed by atoms with Gasteiger partial charge in [0, 0.05) is 37.3 Å². The number of aromatic hydroxyl groups is 1. The van der Waals surface area contributed by atoms with E-state index in [1.54, 1.807) is 0 Å². The highest BCUT2D eigenvalue weighted by Gasteiger charge is 2.45. The summed E-state index contributed by atoms with van der Waals surface area (Å²) < 4.78 is 79.2. The molecule has 13 heteroatoms. The molecule has 0 atom stereocenters. The molecule has 4 aromatic rings. The van der Waals surface area contributed by atoms with Crippen LogP contribution in [0.3, 0.4) is 0 Å². The Morgan fingerprint density at radius 3 is 2.41 bits per heavy atom. The number of piperazine rings is 1. The number of benzene rings is 2. The lowest BCUT2D eigenvalue weighted by Gasteiger charge is -2.32. The van der Waals surface area contributed by atoms with Crippen molar-refractivity contribution in [3.63, 3.8) is 0 Å². The first-order chi connectivity index (χ1) is 22.1. The number of halogens is 5. The zero-order chi connectivity index (χ0) is 32.2. The van der Waals surface area contributed by atoms with Gasteiger partial charge in [0.2, 0.25) is 0 Å². The van der Waals surface area contributed by atoms with Gasteiger partial charge in [0.15, 0.2) is 5.82 Å². The van der Waals surface area contributed by atoms with Crippen molar-refractivity contribution in [2.75, 3.05) is 50.8 Å². The maximum Gasteiger partial charge on any atom is 0.393 e. The number of nitrogens with zero attached hydrogens (tertiary/aromatic N) is 5. The van der Waals surface area contributed by atoms with Crippen LogP contribution in [0.5, 0.6) is 11.8 Å². The molecule has 7 rings (SSSR count). The first-order valence-corrected chi connectivity index (χ1v) is 15.8. The molecular formula is C33H35F5N6O2. The minimum absolute atomic E-state index is 0.0110. The number of fused-ring (bicyclic) bond motifs is 3. The van der Waals surface area contributed by atoms with Crippen molar-refractivity contribution in [3.8, 4) is 23.0 Å². The van der Waals surface area contributed by atoms with Crippen LogP contribution < -0.4 is 15.0 Å². The number of hydrogen-bond donors (Lipinski definition) is 2. The zero-order valence-electron chi connectivity index (χ0n) is 25.5. The smallest absolute Gasteiger partial charge is 0.393 e. The lowest BCUT2D eigenvalue weighted by Crippen LogP contribution is -2.44. The van der Waals surface area contributed by atoms with Crippen LogP contribution >= 0.6 is 0 Å². The van der Waals surface area contributed by atoms with Gasteiger partial charge >= 0.3 is 12.2 Å². The van der Waals surface area contributed by atoms with E-state index in [-0.39, 0.29) is 44.8 Å². The number of phenols is 1. The summed E-state index contributed by atoms with van der Waals surface area (Å²) >= 11 is 0. The van der Waals surface area contributed by atoms with Gasteiger partial charge in [-0.25, -0.2) is 13.8 Å². The molecule has 0 spiro atoms. The standard InChI is InChI=1S/C33H35F5N6O2/c1-2-24-26-29(27(35)28(40-24)21-16-20(45)15-19-5-6-23(34)22(25(19)21)17-33(36,37)38)41-31(42-30(26)43-13-9-39-10-14-43)46-18-32-7-3-11-44(32)12-4-8-32/h5-6,15-16,39,45H,2-4,7-14,17-18H2,1H3. The monoisotopic (exact) mass is 642 g/mol. The van der Waals surface area contributed by atoms with Crippen LogP contribution in [0, 0.1) is 11.6 Å². The van der Waals surface area contributed by atoms with Crippen LogP contribution in [0.2, 0.25) is 0 Å². The van der Waals surface area contributed by atoms with E-state index in [1.807, 2.05) is 11.8 Å². The topological polar surface area (TPSA) is 86.6 Å². The second kappa shape index (κ2) is 11.8. The highest BCUT2D eigenvalue weighted by atomic mass is 19.4. The first kappa shape index (κ1) is 30.8. The van der Waals surface area contributed by atoms with Crippen molar-refractivity contribution < 1.29 is 31.8 Å². The number of rotatable bonds is 7. The minimum Gasteiger partial charge on any atom is -0.508 e. The molecule has 3 saturated heterocycles. The number of nitrogens with one attached hydrogen (secondary N) is 1. The summed E-state index contributed by atoms with van der Waals surface area (Å²) in [6.45, 7) is 6.80. The van der Waals surface area contributed by atoms with E-state index >= 15 is 8.78 Å². The summed E-state index contributed by atoms with van der Waals surface area (Å²) in [5.41, 5.74) is -0.898. The Morgan fingerprint density at radius 2 is 1.72 bits per heavy atom. The van der Waals surface area contributed by atoms with Gasteiger partial charge in [0.05, 0.1) is 23.0 Å². The summed E-state index contributed by atoms with van der Waals surface area (Å²) in [7, 11) is 0. The molecule has 0 unspecified atom stereocenters. The quantitative estimate of drug-likeness (QED) is 0.241. The third-order valence-electron chi connectivity index (χ3n) is 9.64. The second-order valence-corrected chi connectivity index (χ2v) is 12.5. The van der Waals surface area contributed by atoms with Gasteiger partial charge in [-0.15, -0.1) is 0 Å². The van der Waals surface area contributed by atoms with Crippen LogP contribution in [0.1, 0.15) is 43.9 Å². The van der Waals surface area contributed by atoms with Crippen molar-refractivity contribution in [2.45, 2.75) is 57.2 Å². The third-order valence-corrected chi connectivity index (χ3v) is 9.64. The average molecular weight is 643 g/mol. The van der Waals surface area contributed by atoms with E-state index in [2.05, 4.69) is 20.2 Å². The van der Waals surface area contributed by atoms with E-state index in [4.69, 9.17) is 9.72 Å². The third kappa shape index (κ3) is 5.46. The summed E-state index contributed by atoms with van der Waals surface area (Å²) in [5.74, 6) is -1.84. The van der Waals surface area contributed by atoms with Gasteiger partial charge in [0.25, 0.3) is 0 Å². The molecule has 5 heterocycles. The Hall–Kier alpha value is -3.84. The molecule has 0 amide bonds. The Labute approximate surface area is 262 Å². The molecular weight excluding hydrogens is 607 g/mol. The fraction of sp³-hybridized carbons (Fsp3) is 0.485. The van der Waals surface area contributed by atoms with E-state index in [9.17, 15) is 18.3 Å². The molecule has 2 N–H and O–H groups in total. The number of anilines is 1. The SMILES string of the molecule is CCc1nc(-c2cc(O)cc3ccc(F)c(CC(F)(F)F)c23)c(F)c2nc(OCC34CCCN3CCC4)nc(N3CCNCC3)c12. The minimum atomic E-state index is -4.74. The van der Waals surface area contributed by atoms with Crippen molar-refractivity contribution in [2.24, 2.45) is 0 Å². The molecule has 0 saturated carbocycles. The fourth-order valence-corrected chi connectivity index (χ4v) is 7.53. The number of ether oxygens (including phenoxy) is 1.